The van der Waals surface area contributed by atoms with Crippen molar-refractivity contribution in [1.29, 1.82) is 0 Å². The lowest BCUT2D eigenvalue weighted by Gasteiger charge is -2.34. The van der Waals surface area contributed by atoms with Crippen LogP contribution in [-0.4, -0.2) is 0 Å². The number of fused-ring (bicyclic) bond motifs is 7. The normalized spacial score (nSPS) is 15.0. The standard InChI is InChI=1S/C46H35NO/c1-3-46(2)43-38(39-28-29-40-37-20-10-11-23-42(37)48-45(40)44(39)46)21-13-22-41(43)47(35-26-24-33(25-27-35)31-14-6-4-7-15-31)36-19-12-18-34(30-36)32-16-8-5-9-17-32/h4-30H,3H2,1-2H3. The van der Waals surface area contributed by atoms with Gasteiger partial charge in [-0.3, -0.25) is 0 Å². The zero-order chi connectivity index (χ0) is 32.2. The summed E-state index contributed by atoms with van der Waals surface area (Å²) in [5.74, 6) is 0. The van der Waals surface area contributed by atoms with Crippen LogP contribution in [-0.2, 0) is 5.41 Å². The van der Waals surface area contributed by atoms with Crippen molar-refractivity contribution in [3.05, 3.63) is 175 Å². The minimum Gasteiger partial charge on any atom is -0.456 e. The molecule has 230 valence electrons. The van der Waals surface area contributed by atoms with E-state index in [0.717, 1.165) is 29.0 Å². The van der Waals surface area contributed by atoms with Gasteiger partial charge in [-0.25, -0.2) is 0 Å². The van der Waals surface area contributed by atoms with Crippen molar-refractivity contribution < 1.29 is 4.42 Å². The smallest absolute Gasteiger partial charge is 0.140 e. The van der Waals surface area contributed by atoms with Crippen molar-refractivity contribution in [1.82, 2.24) is 0 Å². The summed E-state index contributed by atoms with van der Waals surface area (Å²) in [7, 11) is 0. The molecule has 48 heavy (non-hydrogen) atoms. The Bertz CT molecular complexity index is 2440. The number of rotatable bonds is 6. The van der Waals surface area contributed by atoms with Gasteiger partial charge in [0, 0.05) is 33.1 Å². The van der Waals surface area contributed by atoms with Crippen LogP contribution >= 0.6 is 0 Å². The third-order valence-electron chi connectivity index (χ3n) is 10.4. The molecule has 1 heterocycles. The van der Waals surface area contributed by atoms with E-state index in [4.69, 9.17) is 4.42 Å². The number of furan rings is 1. The molecule has 0 fully saturated rings. The van der Waals surface area contributed by atoms with Gasteiger partial charge in [-0.2, -0.15) is 0 Å². The summed E-state index contributed by atoms with van der Waals surface area (Å²) in [4.78, 5) is 2.45. The molecular formula is C46H35NO. The van der Waals surface area contributed by atoms with E-state index in [1.807, 2.05) is 0 Å². The first-order valence-corrected chi connectivity index (χ1v) is 16.8. The quantitative estimate of drug-likeness (QED) is 0.185. The molecule has 1 atom stereocenters. The van der Waals surface area contributed by atoms with Crippen molar-refractivity contribution in [2.24, 2.45) is 0 Å². The second-order valence-electron chi connectivity index (χ2n) is 13.0. The number of hydrogen-bond acceptors (Lipinski definition) is 2. The SMILES string of the molecule is CCC1(C)c2c(cccc2N(c2ccc(-c3ccccc3)cc2)c2cccc(-c3ccccc3)c2)-c2ccc3c(oc4ccccc43)c21. The van der Waals surface area contributed by atoms with Crippen molar-refractivity contribution >= 4 is 39.0 Å². The van der Waals surface area contributed by atoms with E-state index in [1.165, 1.54) is 61.0 Å². The van der Waals surface area contributed by atoms with Gasteiger partial charge in [0.1, 0.15) is 11.2 Å². The van der Waals surface area contributed by atoms with Crippen molar-refractivity contribution in [3.8, 4) is 33.4 Å². The molecule has 7 aromatic carbocycles. The van der Waals surface area contributed by atoms with Crippen LogP contribution in [0.4, 0.5) is 17.1 Å². The van der Waals surface area contributed by atoms with Crippen LogP contribution in [0.25, 0.3) is 55.3 Å². The molecule has 9 rings (SSSR count). The van der Waals surface area contributed by atoms with Gasteiger partial charge in [-0.05, 0) is 87.8 Å². The van der Waals surface area contributed by atoms with Gasteiger partial charge in [-0.15, -0.1) is 0 Å². The Morgan fingerprint density at radius 1 is 0.500 bits per heavy atom. The molecule has 0 N–H and O–H groups in total. The number of benzene rings is 7. The van der Waals surface area contributed by atoms with Crippen LogP contribution < -0.4 is 4.90 Å². The van der Waals surface area contributed by atoms with Gasteiger partial charge in [0.2, 0.25) is 0 Å². The minimum absolute atomic E-state index is 0.270. The molecule has 2 nitrogen and oxygen atoms in total. The molecular weight excluding hydrogens is 583 g/mol. The maximum absolute atomic E-state index is 6.70. The Balaban J connectivity index is 1.27. The van der Waals surface area contributed by atoms with E-state index in [-0.39, 0.29) is 5.41 Å². The Kier molecular flexibility index (Phi) is 6.58. The van der Waals surface area contributed by atoms with Gasteiger partial charge in [-0.1, -0.05) is 135 Å². The van der Waals surface area contributed by atoms with Crippen molar-refractivity contribution in [2.45, 2.75) is 25.7 Å². The third kappa shape index (κ3) is 4.33. The summed E-state index contributed by atoms with van der Waals surface area (Å²) in [6.07, 6.45) is 0.936. The molecule has 2 heteroatoms. The average molecular weight is 618 g/mol. The maximum atomic E-state index is 6.70. The van der Waals surface area contributed by atoms with E-state index in [1.54, 1.807) is 0 Å². The van der Waals surface area contributed by atoms with Crippen LogP contribution in [0.2, 0.25) is 0 Å². The highest BCUT2D eigenvalue weighted by atomic mass is 16.3. The Morgan fingerprint density at radius 3 is 1.88 bits per heavy atom. The fourth-order valence-corrected chi connectivity index (χ4v) is 7.89. The van der Waals surface area contributed by atoms with Crippen LogP contribution in [0.1, 0.15) is 31.4 Å². The molecule has 0 bridgehead atoms. The lowest BCUT2D eigenvalue weighted by molar-refractivity contribution is 0.554. The third-order valence-corrected chi connectivity index (χ3v) is 10.4. The molecule has 0 spiro atoms. The first-order chi connectivity index (χ1) is 23.6. The fourth-order valence-electron chi connectivity index (χ4n) is 7.89. The van der Waals surface area contributed by atoms with Crippen LogP contribution in [0.15, 0.2) is 168 Å². The van der Waals surface area contributed by atoms with E-state index >= 15 is 0 Å². The summed E-state index contributed by atoms with van der Waals surface area (Å²) in [5, 5.41) is 2.35. The predicted octanol–water partition coefficient (Wildman–Crippen LogP) is 13.1. The molecule has 1 aromatic heterocycles. The van der Waals surface area contributed by atoms with Crippen LogP contribution in [0, 0.1) is 0 Å². The average Bonchev–Trinajstić information content (AvgIpc) is 3.66. The molecule has 1 unspecified atom stereocenters. The van der Waals surface area contributed by atoms with E-state index < -0.39 is 0 Å². The number of para-hydroxylation sites is 1. The Hall–Kier alpha value is -5.86. The lowest BCUT2D eigenvalue weighted by Crippen LogP contribution is -2.23. The molecule has 0 amide bonds. The van der Waals surface area contributed by atoms with Gasteiger partial charge in [0.15, 0.2) is 0 Å². The largest absolute Gasteiger partial charge is 0.456 e. The summed E-state index contributed by atoms with van der Waals surface area (Å²) in [5.41, 5.74) is 15.1. The number of hydrogen-bond donors (Lipinski definition) is 0. The van der Waals surface area contributed by atoms with Crippen LogP contribution in [0.3, 0.4) is 0 Å². The Morgan fingerprint density at radius 2 is 1.12 bits per heavy atom. The molecule has 0 saturated carbocycles. The van der Waals surface area contributed by atoms with E-state index in [0.29, 0.717) is 0 Å². The fraction of sp³-hybridized carbons (Fsp3) is 0.0870. The molecule has 1 aliphatic rings. The number of anilines is 3. The van der Waals surface area contributed by atoms with Gasteiger partial charge in [0.25, 0.3) is 0 Å². The second kappa shape index (κ2) is 11.1. The molecule has 0 aliphatic heterocycles. The second-order valence-corrected chi connectivity index (χ2v) is 13.0. The zero-order valence-corrected chi connectivity index (χ0v) is 27.2. The predicted molar refractivity (Wildman–Crippen MR) is 201 cm³/mol. The van der Waals surface area contributed by atoms with Crippen LogP contribution in [0.5, 0.6) is 0 Å². The first-order valence-electron chi connectivity index (χ1n) is 16.8. The summed E-state index contributed by atoms with van der Waals surface area (Å²) in [6, 6.07) is 59.0. The highest BCUT2D eigenvalue weighted by Gasteiger charge is 2.43. The molecule has 0 saturated heterocycles. The first kappa shape index (κ1) is 28.4. The van der Waals surface area contributed by atoms with Crippen molar-refractivity contribution in [2.75, 3.05) is 4.90 Å². The molecule has 0 radical (unpaired) electrons. The maximum Gasteiger partial charge on any atom is 0.140 e. The van der Waals surface area contributed by atoms with Gasteiger partial charge < -0.3 is 9.32 Å². The van der Waals surface area contributed by atoms with E-state index in [2.05, 4.69) is 183 Å². The monoisotopic (exact) mass is 617 g/mol. The lowest BCUT2D eigenvalue weighted by atomic mass is 9.76. The minimum atomic E-state index is -0.270. The topological polar surface area (TPSA) is 16.4 Å². The highest BCUT2D eigenvalue weighted by molar-refractivity contribution is 6.09. The zero-order valence-electron chi connectivity index (χ0n) is 27.2. The number of nitrogens with zero attached hydrogens (tertiary/aromatic N) is 1. The molecule has 1 aliphatic carbocycles. The van der Waals surface area contributed by atoms with Gasteiger partial charge in [0.05, 0.1) is 5.69 Å². The molecule has 8 aromatic rings. The summed E-state index contributed by atoms with van der Waals surface area (Å²) >= 11 is 0. The summed E-state index contributed by atoms with van der Waals surface area (Å²) < 4.78 is 6.70. The van der Waals surface area contributed by atoms with Gasteiger partial charge >= 0.3 is 0 Å². The highest BCUT2D eigenvalue weighted by Crippen LogP contribution is 2.58. The van der Waals surface area contributed by atoms with Crippen molar-refractivity contribution in [3.63, 3.8) is 0 Å². The Labute approximate surface area is 281 Å². The van der Waals surface area contributed by atoms with E-state index in [9.17, 15) is 0 Å². The summed E-state index contributed by atoms with van der Waals surface area (Å²) in [6.45, 7) is 4.72.